The minimum atomic E-state index is 0.500. The van der Waals surface area contributed by atoms with E-state index in [1.165, 1.54) is 71.7 Å². The van der Waals surface area contributed by atoms with Gasteiger partial charge in [0.2, 0.25) is 0 Å². The normalized spacial score (nSPS) is 14.1. The average Bonchev–Trinajstić information content (AvgIpc) is 3.59. The van der Waals surface area contributed by atoms with E-state index in [0.717, 1.165) is 23.5 Å². The van der Waals surface area contributed by atoms with E-state index in [1.54, 1.807) is 0 Å². The Labute approximate surface area is 322 Å². The highest BCUT2D eigenvalue weighted by Crippen LogP contribution is 2.45. The standard InChI is InChI=1S/C53H40N2/c1-37-16-11-23-42(34-37)55-51-32-10-8-28-49(51)53-48(30-15-33-52(53)55)41-22-13-25-44(36-41)54(50-31-9-7-27-47(50)39-17-3-2-4-18-39)43-24-12-21-40(35-43)46-29-14-20-38-19-5-6-26-45(38)46/h2-15,17-37H,16H2,1H3. The molecule has 10 rings (SSSR count). The van der Waals surface area contributed by atoms with E-state index in [0.29, 0.717) is 5.92 Å². The van der Waals surface area contributed by atoms with Crippen LogP contribution in [0.15, 0.2) is 206 Å². The quantitative estimate of drug-likeness (QED) is 0.160. The maximum atomic E-state index is 2.45. The molecule has 2 nitrogen and oxygen atoms in total. The van der Waals surface area contributed by atoms with Crippen molar-refractivity contribution in [3.63, 3.8) is 0 Å². The third kappa shape index (κ3) is 5.84. The van der Waals surface area contributed by atoms with Crippen molar-refractivity contribution >= 4 is 55.3 Å². The van der Waals surface area contributed by atoms with Crippen molar-refractivity contribution in [1.82, 2.24) is 4.57 Å². The van der Waals surface area contributed by atoms with Crippen LogP contribution in [0, 0.1) is 5.92 Å². The Kier molecular flexibility index (Phi) is 8.22. The molecule has 2 heteroatoms. The number of allylic oxidation sites excluding steroid dienone is 4. The highest BCUT2D eigenvalue weighted by atomic mass is 15.1. The van der Waals surface area contributed by atoms with Gasteiger partial charge in [0.1, 0.15) is 0 Å². The van der Waals surface area contributed by atoms with Gasteiger partial charge < -0.3 is 9.47 Å². The van der Waals surface area contributed by atoms with Crippen LogP contribution in [-0.4, -0.2) is 4.57 Å². The molecule has 0 saturated heterocycles. The summed E-state index contributed by atoms with van der Waals surface area (Å²) in [6.07, 6.45) is 8.08. The lowest BCUT2D eigenvalue weighted by atomic mass is 9.96. The fraction of sp³-hybridized carbons (Fsp3) is 0.0566. The lowest BCUT2D eigenvalue weighted by Gasteiger charge is -2.29. The zero-order valence-electron chi connectivity index (χ0n) is 30.8. The molecule has 0 radical (unpaired) electrons. The first kappa shape index (κ1) is 32.7. The van der Waals surface area contributed by atoms with Gasteiger partial charge in [0.25, 0.3) is 0 Å². The van der Waals surface area contributed by atoms with Crippen molar-refractivity contribution in [3.05, 3.63) is 206 Å². The number of para-hydroxylation sites is 2. The molecule has 0 bridgehead atoms. The predicted octanol–water partition coefficient (Wildman–Crippen LogP) is 14.9. The molecule has 0 fully saturated rings. The number of aromatic nitrogens is 1. The van der Waals surface area contributed by atoms with Gasteiger partial charge in [-0.05, 0) is 99.5 Å². The summed E-state index contributed by atoms with van der Waals surface area (Å²) in [4.78, 5) is 2.43. The smallest absolute Gasteiger partial charge is 0.0547 e. The van der Waals surface area contributed by atoms with Gasteiger partial charge in [-0.2, -0.15) is 0 Å². The second-order valence-electron chi connectivity index (χ2n) is 14.6. The maximum absolute atomic E-state index is 2.45. The molecule has 9 aromatic rings. The summed E-state index contributed by atoms with van der Waals surface area (Å²) >= 11 is 0. The van der Waals surface area contributed by atoms with Crippen molar-refractivity contribution in [1.29, 1.82) is 0 Å². The Morgan fingerprint density at radius 2 is 1.07 bits per heavy atom. The summed E-state index contributed by atoms with van der Waals surface area (Å²) in [5.74, 6) is 0.500. The zero-order chi connectivity index (χ0) is 36.7. The predicted molar refractivity (Wildman–Crippen MR) is 235 cm³/mol. The van der Waals surface area contributed by atoms with Crippen LogP contribution in [0.25, 0.3) is 71.7 Å². The average molecular weight is 705 g/mol. The van der Waals surface area contributed by atoms with Crippen molar-refractivity contribution in [2.75, 3.05) is 4.90 Å². The van der Waals surface area contributed by atoms with E-state index in [1.807, 2.05) is 0 Å². The Bertz CT molecular complexity index is 2920. The van der Waals surface area contributed by atoms with Gasteiger partial charge >= 0.3 is 0 Å². The summed E-state index contributed by atoms with van der Waals surface area (Å²) in [7, 11) is 0. The Hall–Kier alpha value is -6.90. The zero-order valence-corrected chi connectivity index (χ0v) is 30.8. The molecule has 1 aliphatic carbocycles. The Morgan fingerprint density at radius 1 is 0.491 bits per heavy atom. The van der Waals surface area contributed by atoms with Crippen LogP contribution in [-0.2, 0) is 0 Å². The molecule has 262 valence electrons. The van der Waals surface area contributed by atoms with Crippen LogP contribution in [0.5, 0.6) is 0 Å². The SMILES string of the molecule is CC1C=C(n2c3ccccc3c3c(-c4cccc(N(c5cccc(-c6cccc7ccccc67)c5)c5ccccc5-c5ccccc5)c4)cccc32)C=CC1. The molecule has 55 heavy (non-hydrogen) atoms. The van der Waals surface area contributed by atoms with Crippen LogP contribution >= 0.6 is 0 Å². The minimum absolute atomic E-state index is 0.500. The molecule has 1 heterocycles. The van der Waals surface area contributed by atoms with Crippen molar-refractivity contribution in [2.24, 2.45) is 5.92 Å². The van der Waals surface area contributed by atoms with Crippen molar-refractivity contribution in [3.8, 4) is 33.4 Å². The molecule has 8 aromatic carbocycles. The number of nitrogens with zero attached hydrogens (tertiary/aromatic N) is 2. The first-order valence-corrected chi connectivity index (χ1v) is 19.3. The van der Waals surface area contributed by atoms with E-state index in [9.17, 15) is 0 Å². The topological polar surface area (TPSA) is 8.17 Å². The van der Waals surface area contributed by atoms with E-state index in [-0.39, 0.29) is 0 Å². The van der Waals surface area contributed by atoms with Crippen LogP contribution in [0.1, 0.15) is 13.3 Å². The third-order valence-electron chi connectivity index (χ3n) is 11.1. The molecule has 0 saturated carbocycles. The third-order valence-corrected chi connectivity index (χ3v) is 11.1. The number of fused-ring (bicyclic) bond motifs is 4. The summed E-state index contributed by atoms with van der Waals surface area (Å²) in [6.45, 7) is 2.30. The van der Waals surface area contributed by atoms with Crippen molar-refractivity contribution < 1.29 is 0 Å². The van der Waals surface area contributed by atoms with Gasteiger partial charge in [0, 0.05) is 33.4 Å². The van der Waals surface area contributed by atoms with Gasteiger partial charge in [-0.3, -0.25) is 0 Å². The lowest BCUT2D eigenvalue weighted by Crippen LogP contribution is -2.11. The van der Waals surface area contributed by atoms with E-state index >= 15 is 0 Å². The molecule has 0 N–H and O–H groups in total. The van der Waals surface area contributed by atoms with Gasteiger partial charge in [-0.25, -0.2) is 0 Å². The molecule has 0 spiro atoms. The summed E-state index contributed by atoms with van der Waals surface area (Å²) < 4.78 is 2.45. The van der Waals surface area contributed by atoms with Crippen LogP contribution in [0.3, 0.4) is 0 Å². The number of hydrogen-bond acceptors (Lipinski definition) is 1. The molecule has 1 aromatic heterocycles. The van der Waals surface area contributed by atoms with Crippen LogP contribution in [0.4, 0.5) is 17.1 Å². The molecule has 1 atom stereocenters. The fourth-order valence-electron chi connectivity index (χ4n) is 8.57. The largest absolute Gasteiger partial charge is 0.310 e. The summed E-state index contributed by atoms with van der Waals surface area (Å²) in [6, 6.07) is 68.5. The molecule has 0 amide bonds. The number of anilines is 3. The summed E-state index contributed by atoms with van der Waals surface area (Å²) in [5, 5.41) is 5.03. The second kappa shape index (κ2) is 13.8. The number of rotatable bonds is 7. The highest BCUT2D eigenvalue weighted by molar-refractivity contribution is 6.16. The summed E-state index contributed by atoms with van der Waals surface area (Å²) in [5.41, 5.74) is 14.2. The lowest BCUT2D eigenvalue weighted by molar-refractivity contribution is 0.735. The second-order valence-corrected chi connectivity index (χ2v) is 14.6. The van der Waals surface area contributed by atoms with E-state index in [4.69, 9.17) is 0 Å². The Morgan fingerprint density at radius 3 is 1.89 bits per heavy atom. The molecular formula is C53H40N2. The first-order chi connectivity index (χ1) is 27.2. The number of hydrogen-bond donors (Lipinski definition) is 0. The van der Waals surface area contributed by atoms with Gasteiger partial charge in [0.05, 0.1) is 16.7 Å². The maximum Gasteiger partial charge on any atom is 0.0547 e. The van der Waals surface area contributed by atoms with Crippen molar-refractivity contribution in [2.45, 2.75) is 13.3 Å². The minimum Gasteiger partial charge on any atom is -0.310 e. The van der Waals surface area contributed by atoms with Gasteiger partial charge in [0.15, 0.2) is 0 Å². The monoisotopic (exact) mass is 704 g/mol. The molecule has 0 aliphatic heterocycles. The number of benzene rings is 8. The van der Waals surface area contributed by atoms with Gasteiger partial charge in [-0.1, -0.05) is 165 Å². The molecule has 1 aliphatic rings. The molecule has 1 unspecified atom stereocenters. The first-order valence-electron chi connectivity index (χ1n) is 19.3. The highest BCUT2D eigenvalue weighted by Gasteiger charge is 2.21. The fourth-order valence-corrected chi connectivity index (χ4v) is 8.57. The van der Waals surface area contributed by atoms with E-state index < -0.39 is 0 Å². The van der Waals surface area contributed by atoms with E-state index in [2.05, 4.69) is 223 Å². The Balaban J connectivity index is 1.18. The van der Waals surface area contributed by atoms with Crippen LogP contribution < -0.4 is 4.90 Å². The molecular weight excluding hydrogens is 665 g/mol. The van der Waals surface area contributed by atoms with Gasteiger partial charge in [-0.15, -0.1) is 0 Å². The van der Waals surface area contributed by atoms with Crippen LogP contribution in [0.2, 0.25) is 0 Å².